The number of benzene rings is 1. The predicted octanol–water partition coefficient (Wildman–Crippen LogP) is 3.27. The van der Waals surface area contributed by atoms with E-state index in [9.17, 15) is 4.39 Å². The lowest BCUT2D eigenvalue weighted by Gasteiger charge is -2.08. The Hall–Kier alpha value is -0.600. The first-order valence-electron chi connectivity index (χ1n) is 5.24. The molecule has 0 aliphatic rings. The Bertz CT molecular complexity index is 312. The van der Waals surface area contributed by atoms with Gasteiger partial charge in [0.2, 0.25) is 0 Å². The third kappa shape index (κ3) is 4.63. The summed E-state index contributed by atoms with van der Waals surface area (Å²) in [5.74, 6) is 0.444. The van der Waals surface area contributed by atoms with Crippen molar-refractivity contribution in [2.75, 3.05) is 13.1 Å². The number of hydrogen-bond donors (Lipinski definition) is 1. The molecule has 0 unspecified atom stereocenters. The van der Waals surface area contributed by atoms with Crippen LogP contribution in [0.25, 0.3) is 0 Å². The van der Waals surface area contributed by atoms with Gasteiger partial charge in [-0.3, -0.25) is 0 Å². The lowest BCUT2D eigenvalue weighted by atomic mass is 10.1. The summed E-state index contributed by atoms with van der Waals surface area (Å²) in [4.78, 5) is 0. The summed E-state index contributed by atoms with van der Waals surface area (Å²) in [5, 5.41) is 3.86. The van der Waals surface area contributed by atoms with Gasteiger partial charge in [-0.2, -0.15) is 0 Å². The molecule has 0 spiro atoms. The molecule has 0 aliphatic carbocycles. The van der Waals surface area contributed by atoms with E-state index in [0.29, 0.717) is 22.9 Å². The fourth-order valence-electron chi connectivity index (χ4n) is 1.35. The first kappa shape index (κ1) is 12.5. The Morgan fingerprint density at radius 2 is 2.13 bits per heavy atom. The standard InChI is InChI=1S/C12H17ClFN/c1-9(2)8-15-6-5-10-7-11(13)3-4-12(10)14/h3-4,7,9,15H,5-6,8H2,1-2H3. The average Bonchev–Trinajstić information content (AvgIpc) is 2.17. The van der Waals surface area contributed by atoms with Crippen molar-refractivity contribution in [1.29, 1.82) is 0 Å². The van der Waals surface area contributed by atoms with Gasteiger partial charge in [0, 0.05) is 5.02 Å². The van der Waals surface area contributed by atoms with E-state index in [0.717, 1.165) is 13.1 Å². The third-order valence-electron chi connectivity index (χ3n) is 2.13. The molecule has 0 aliphatic heterocycles. The molecule has 1 nitrogen and oxygen atoms in total. The summed E-state index contributed by atoms with van der Waals surface area (Å²) >= 11 is 5.79. The molecule has 1 aromatic rings. The van der Waals surface area contributed by atoms with Crippen molar-refractivity contribution in [2.45, 2.75) is 20.3 Å². The van der Waals surface area contributed by atoms with Crippen LogP contribution >= 0.6 is 11.6 Å². The minimum atomic E-state index is -0.175. The van der Waals surface area contributed by atoms with Gasteiger partial charge >= 0.3 is 0 Å². The van der Waals surface area contributed by atoms with E-state index in [-0.39, 0.29) is 5.82 Å². The van der Waals surface area contributed by atoms with E-state index in [1.165, 1.54) is 6.07 Å². The molecule has 0 aromatic heterocycles. The second-order valence-corrected chi connectivity index (χ2v) is 4.52. The van der Waals surface area contributed by atoms with E-state index >= 15 is 0 Å². The van der Waals surface area contributed by atoms with Gasteiger partial charge in [-0.15, -0.1) is 0 Å². The Labute approximate surface area is 95.6 Å². The Morgan fingerprint density at radius 3 is 2.80 bits per heavy atom. The van der Waals surface area contributed by atoms with Crippen LogP contribution in [0.1, 0.15) is 19.4 Å². The van der Waals surface area contributed by atoms with E-state index in [1.54, 1.807) is 12.1 Å². The maximum Gasteiger partial charge on any atom is 0.126 e. The summed E-state index contributed by atoms with van der Waals surface area (Å²) in [6.07, 6.45) is 0.680. The second kappa shape index (κ2) is 6.09. The normalized spacial score (nSPS) is 11.0. The highest BCUT2D eigenvalue weighted by molar-refractivity contribution is 6.30. The average molecular weight is 230 g/mol. The molecule has 84 valence electrons. The monoisotopic (exact) mass is 229 g/mol. The highest BCUT2D eigenvalue weighted by atomic mass is 35.5. The molecular formula is C12H17ClFN. The zero-order valence-electron chi connectivity index (χ0n) is 9.19. The molecular weight excluding hydrogens is 213 g/mol. The molecule has 0 amide bonds. The SMILES string of the molecule is CC(C)CNCCc1cc(Cl)ccc1F. The van der Waals surface area contributed by atoms with Crippen LogP contribution < -0.4 is 5.32 Å². The quantitative estimate of drug-likeness (QED) is 0.765. The molecule has 0 heterocycles. The van der Waals surface area contributed by atoms with Gasteiger partial charge < -0.3 is 5.32 Å². The number of rotatable bonds is 5. The molecule has 0 radical (unpaired) electrons. The molecule has 1 N–H and O–H groups in total. The van der Waals surface area contributed by atoms with E-state index in [2.05, 4.69) is 19.2 Å². The number of hydrogen-bond acceptors (Lipinski definition) is 1. The van der Waals surface area contributed by atoms with E-state index < -0.39 is 0 Å². The maximum absolute atomic E-state index is 13.3. The van der Waals surface area contributed by atoms with Gasteiger partial charge in [-0.1, -0.05) is 25.4 Å². The third-order valence-corrected chi connectivity index (χ3v) is 2.37. The molecule has 1 aromatic carbocycles. The second-order valence-electron chi connectivity index (χ2n) is 4.08. The van der Waals surface area contributed by atoms with Crippen molar-refractivity contribution < 1.29 is 4.39 Å². The van der Waals surface area contributed by atoms with Crippen molar-refractivity contribution in [3.8, 4) is 0 Å². The Kier molecular flexibility index (Phi) is 5.06. The highest BCUT2D eigenvalue weighted by Gasteiger charge is 2.02. The number of halogens is 2. The number of nitrogens with one attached hydrogen (secondary N) is 1. The zero-order valence-corrected chi connectivity index (χ0v) is 9.94. The van der Waals surface area contributed by atoms with Crippen LogP contribution in [0.2, 0.25) is 5.02 Å². The predicted molar refractivity (Wildman–Crippen MR) is 62.8 cm³/mol. The molecule has 0 fully saturated rings. The van der Waals surface area contributed by atoms with Gasteiger partial charge in [0.25, 0.3) is 0 Å². The maximum atomic E-state index is 13.3. The topological polar surface area (TPSA) is 12.0 Å². The van der Waals surface area contributed by atoms with Crippen LogP contribution in [0.5, 0.6) is 0 Å². The van der Waals surface area contributed by atoms with Crippen LogP contribution in [0.3, 0.4) is 0 Å². The summed E-state index contributed by atoms with van der Waals surface area (Å²) in [7, 11) is 0. The fraction of sp³-hybridized carbons (Fsp3) is 0.500. The van der Waals surface area contributed by atoms with Crippen LogP contribution in [-0.2, 0) is 6.42 Å². The Balaban J connectivity index is 2.40. The first-order chi connectivity index (χ1) is 7.09. The minimum Gasteiger partial charge on any atom is -0.316 e. The van der Waals surface area contributed by atoms with Crippen LogP contribution in [0, 0.1) is 11.7 Å². The lowest BCUT2D eigenvalue weighted by Crippen LogP contribution is -2.22. The van der Waals surface area contributed by atoms with E-state index in [4.69, 9.17) is 11.6 Å². The van der Waals surface area contributed by atoms with Crippen molar-refractivity contribution in [2.24, 2.45) is 5.92 Å². The molecule has 15 heavy (non-hydrogen) atoms. The van der Waals surface area contributed by atoms with Crippen molar-refractivity contribution in [3.05, 3.63) is 34.6 Å². The molecule has 0 saturated heterocycles. The summed E-state index contributed by atoms with van der Waals surface area (Å²) < 4.78 is 13.3. The van der Waals surface area contributed by atoms with Gasteiger partial charge in [0.1, 0.15) is 5.82 Å². The molecule has 0 atom stereocenters. The highest BCUT2D eigenvalue weighted by Crippen LogP contribution is 2.14. The molecule has 3 heteroatoms. The van der Waals surface area contributed by atoms with Crippen LogP contribution in [0.15, 0.2) is 18.2 Å². The summed E-state index contributed by atoms with van der Waals surface area (Å²) in [5.41, 5.74) is 0.679. The van der Waals surface area contributed by atoms with Gasteiger partial charge in [-0.25, -0.2) is 4.39 Å². The molecule has 0 bridgehead atoms. The lowest BCUT2D eigenvalue weighted by molar-refractivity contribution is 0.546. The largest absolute Gasteiger partial charge is 0.316 e. The van der Waals surface area contributed by atoms with Crippen molar-refractivity contribution >= 4 is 11.6 Å². The summed E-state index contributed by atoms with van der Waals surface area (Å²) in [6.45, 7) is 6.04. The van der Waals surface area contributed by atoms with E-state index in [1.807, 2.05) is 0 Å². The van der Waals surface area contributed by atoms with Crippen molar-refractivity contribution in [3.63, 3.8) is 0 Å². The minimum absolute atomic E-state index is 0.175. The summed E-state index contributed by atoms with van der Waals surface area (Å²) in [6, 6.07) is 4.68. The van der Waals surface area contributed by atoms with Crippen molar-refractivity contribution in [1.82, 2.24) is 5.32 Å². The van der Waals surface area contributed by atoms with Crippen LogP contribution in [0.4, 0.5) is 4.39 Å². The fourth-order valence-corrected chi connectivity index (χ4v) is 1.54. The van der Waals surface area contributed by atoms with Crippen LogP contribution in [-0.4, -0.2) is 13.1 Å². The zero-order chi connectivity index (χ0) is 11.3. The first-order valence-corrected chi connectivity index (χ1v) is 5.62. The van der Waals surface area contributed by atoms with Gasteiger partial charge in [-0.05, 0) is 49.2 Å². The molecule has 0 saturated carbocycles. The smallest absolute Gasteiger partial charge is 0.126 e. The van der Waals surface area contributed by atoms with Gasteiger partial charge in [0.15, 0.2) is 0 Å². The Morgan fingerprint density at radius 1 is 1.40 bits per heavy atom. The van der Waals surface area contributed by atoms with Gasteiger partial charge in [0.05, 0.1) is 0 Å². The molecule has 1 rings (SSSR count).